The van der Waals surface area contributed by atoms with Gasteiger partial charge in [-0.15, -0.1) is 0 Å². The molecular weight excluding hydrogens is 361 g/mol. The van der Waals surface area contributed by atoms with Crippen LogP contribution in [0.4, 0.5) is 10.1 Å². The predicted octanol–water partition coefficient (Wildman–Crippen LogP) is 5.71. The van der Waals surface area contributed by atoms with Crippen LogP contribution < -0.4 is 5.32 Å². The van der Waals surface area contributed by atoms with Gasteiger partial charge in [-0.25, -0.2) is 9.37 Å². The summed E-state index contributed by atoms with van der Waals surface area (Å²) in [4.78, 5) is 7.08. The summed E-state index contributed by atoms with van der Waals surface area (Å²) in [6.45, 7) is 3.21. The minimum Gasteiger partial charge on any atom is -0.384 e. The Labute approximate surface area is 164 Å². The molecule has 0 atom stereocenters. The molecule has 1 aliphatic rings. The van der Waals surface area contributed by atoms with Gasteiger partial charge in [-0.2, -0.15) is 0 Å². The maximum Gasteiger partial charge on any atom is 0.124 e. The van der Waals surface area contributed by atoms with Gasteiger partial charge in [0.1, 0.15) is 5.82 Å². The van der Waals surface area contributed by atoms with Crippen molar-refractivity contribution in [3.8, 4) is 0 Å². The number of benzene rings is 2. The van der Waals surface area contributed by atoms with E-state index in [1.807, 2.05) is 18.2 Å². The lowest BCUT2D eigenvalue weighted by atomic mass is 10.1. The van der Waals surface area contributed by atoms with Gasteiger partial charge in [-0.1, -0.05) is 11.6 Å². The molecular formula is C22H25ClFN3. The molecule has 1 N–H and O–H groups in total. The van der Waals surface area contributed by atoms with Gasteiger partial charge in [-0.05, 0) is 81.6 Å². The molecule has 4 rings (SSSR count). The largest absolute Gasteiger partial charge is 0.384 e. The number of rotatable bonds is 8. The van der Waals surface area contributed by atoms with E-state index in [-0.39, 0.29) is 5.82 Å². The number of nitrogens with one attached hydrogen (secondary N) is 1. The molecule has 1 saturated carbocycles. The molecule has 5 heteroatoms. The van der Waals surface area contributed by atoms with Gasteiger partial charge in [0.05, 0.1) is 16.7 Å². The molecule has 27 heavy (non-hydrogen) atoms. The van der Waals surface area contributed by atoms with E-state index in [4.69, 9.17) is 11.6 Å². The zero-order chi connectivity index (χ0) is 18.8. The van der Waals surface area contributed by atoms with E-state index in [2.05, 4.69) is 22.2 Å². The van der Waals surface area contributed by atoms with Crippen LogP contribution in [0.3, 0.4) is 0 Å². The number of pyridine rings is 1. The third-order valence-corrected chi connectivity index (χ3v) is 5.47. The summed E-state index contributed by atoms with van der Waals surface area (Å²) >= 11 is 6.14. The summed E-state index contributed by atoms with van der Waals surface area (Å²) in [5.74, 6) is 0.687. The van der Waals surface area contributed by atoms with Crippen LogP contribution in [0.25, 0.3) is 21.8 Å². The molecule has 3 nitrogen and oxygen atoms in total. The first-order valence-corrected chi connectivity index (χ1v) is 10.1. The average Bonchev–Trinajstić information content (AvgIpc) is 3.44. The lowest BCUT2D eigenvalue weighted by molar-refractivity contribution is 0.314. The zero-order valence-electron chi connectivity index (χ0n) is 15.6. The Morgan fingerprint density at radius 3 is 2.78 bits per heavy atom. The molecule has 0 saturated heterocycles. The Hall–Kier alpha value is -1.91. The number of unbranched alkanes of at least 4 members (excludes halogenated alkanes) is 1. The highest BCUT2D eigenvalue weighted by molar-refractivity contribution is 6.31. The van der Waals surface area contributed by atoms with Crippen LogP contribution in [0, 0.1) is 11.7 Å². The van der Waals surface area contributed by atoms with Crippen LogP contribution >= 0.6 is 11.6 Å². The second-order valence-corrected chi connectivity index (χ2v) is 8.09. The first-order chi connectivity index (χ1) is 13.1. The van der Waals surface area contributed by atoms with Crippen molar-refractivity contribution in [3.63, 3.8) is 0 Å². The Balaban J connectivity index is 1.49. The van der Waals surface area contributed by atoms with E-state index in [0.29, 0.717) is 5.02 Å². The summed E-state index contributed by atoms with van der Waals surface area (Å²) in [6, 6.07) is 10.4. The average molecular weight is 386 g/mol. The van der Waals surface area contributed by atoms with Gasteiger partial charge >= 0.3 is 0 Å². The standard InChI is InChI=1S/C22H25ClFN3/c1-27(14-15-4-5-15)11-3-2-10-25-22-18-8-6-16(23)12-21(18)26-20-9-7-17(24)13-19(20)22/h6-9,12-13,15H,2-5,10-11,14H2,1H3,(H,25,26). The lowest BCUT2D eigenvalue weighted by Crippen LogP contribution is -2.22. The number of hydrogen-bond donors (Lipinski definition) is 1. The number of hydrogen-bond acceptors (Lipinski definition) is 3. The molecule has 1 fully saturated rings. The molecule has 0 amide bonds. The molecule has 1 heterocycles. The number of halogens is 2. The molecule has 1 aromatic heterocycles. The Morgan fingerprint density at radius 1 is 1.11 bits per heavy atom. The quantitative estimate of drug-likeness (QED) is 0.397. The second-order valence-electron chi connectivity index (χ2n) is 7.65. The Kier molecular flexibility index (Phi) is 5.46. The van der Waals surface area contributed by atoms with Crippen molar-refractivity contribution in [1.29, 1.82) is 0 Å². The first kappa shape index (κ1) is 18.5. The molecule has 1 aliphatic carbocycles. The van der Waals surface area contributed by atoms with Crippen molar-refractivity contribution in [3.05, 3.63) is 47.2 Å². The summed E-state index contributed by atoms with van der Waals surface area (Å²) < 4.78 is 13.8. The van der Waals surface area contributed by atoms with Crippen LogP contribution in [-0.2, 0) is 0 Å². The fourth-order valence-corrected chi connectivity index (χ4v) is 3.80. The van der Waals surface area contributed by atoms with Gasteiger partial charge in [0.25, 0.3) is 0 Å². The maximum absolute atomic E-state index is 13.8. The molecule has 0 radical (unpaired) electrons. The van der Waals surface area contributed by atoms with Crippen molar-refractivity contribution < 1.29 is 4.39 Å². The van der Waals surface area contributed by atoms with E-state index in [9.17, 15) is 4.39 Å². The fourth-order valence-electron chi connectivity index (χ4n) is 3.63. The Morgan fingerprint density at radius 2 is 1.96 bits per heavy atom. The van der Waals surface area contributed by atoms with Crippen LogP contribution in [-0.4, -0.2) is 36.6 Å². The van der Waals surface area contributed by atoms with Gasteiger partial charge in [0, 0.05) is 28.9 Å². The Bertz CT molecular complexity index is 955. The van der Waals surface area contributed by atoms with Crippen molar-refractivity contribution >= 4 is 39.1 Å². The summed E-state index contributed by atoms with van der Waals surface area (Å²) in [5, 5.41) is 5.98. The van der Waals surface area contributed by atoms with Crippen molar-refractivity contribution in [2.45, 2.75) is 25.7 Å². The van der Waals surface area contributed by atoms with Gasteiger partial charge in [0.2, 0.25) is 0 Å². The number of nitrogens with zero attached hydrogens (tertiary/aromatic N) is 2. The highest BCUT2D eigenvalue weighted by atomic mass is 35.5. The maximum atomic E-state index is 13.8. The fraction of sp³-hybridized carbons (Fsp3) is 0.409. The predicted molar refractivity (Wildman–Crippen MR) is 112 cm³/mol. The third-order valence-electron chi connectivity index (χ3n) is 5.23. The molecule has 0 unspecified atom stereocenters. The highest BCUT2D eigenvalue weighted by Crippen LogP contribution is 2.33. The van der Waals surface area contributed by atoms with E-state index in [1.165, 1.54) is 25.5 Å². The third kappa shape index (κ3) is 4.50. The zero-order valence-corrected chi connectivity index (χ0v) is 16.4. The molecule has 0 bridgehead atoms. The summed E-state index contributed by atoms with van der Waals surface area (Å²) in [7, 11) is 2.21. The summed E-state index contributed by atoms with van der Waals surface area (Å²) in [5.41, 5.74) is 2.55. The molecule has 3 aromatic rings. The minimum atomic E-state index is -0.248. The van der Waals surface area contributed by atoms with Crippen LogP contribution in [0.1, 0.15) is 25.7 Å². The molecule has 142 valence electrons. The highest BCUT2D eigenvalue weighted by Gasteiger charge is 2.22. The van der Waals surface area contributed by atoms with Gasteiger partial charge in [0.15, 0.2) is 0 Å². The molecule has 0 aliphatic heterocycles. The lowest BCUT2D eigenvalue weighted by Gasteiger charge is -2.17. The number of aromatic nitrogens is 1. The van der Waals surface area contributed by atoms with E-state index < -0.39 is 0 Å². The van der Waals surface area contributed by atoms with E-state index >= 15 is 0 Å². The van der Waals surface area contributed by atoms with Crippen molar-refractivity contribution in [1.82, 2.24) is 9.88 Å². The minimum absolute atomic E-state index is 0.248. The first-order valence-electron chi connectivity index (χ1n) is 9.71. The van der Waals surface area contributed by atoms with Crippen LogP contribution in [0.5, 0.6) is 0 Å². The number of anilines is 1. The second kappa shape index (κ2) is 7.99. The van der Waals surface area contributed by atoms with E-state index in [0.717, 1.165) is 59.3 Å². The number of fused-ring (bicyclic) bond motifs is 2. The van der Waals surface area contributed by atoms with Gasteiger partial charge < -0.3 is 10.2 Å². The molecule has 0 spiro atoms. The van der Waals surface area contributed by atoms with Crippen molar-refractivity contribution in [2.75, 3.05) is 32.0 Å². The monoisotopic (exact) mass is 385 g/mol. The SMILES string of the molecule is CN(CCCCNc1c2ccc(Cl)cc2nc2ccc(F)cc12)CC1CC1. The smallest absolute Gasteiger partial charge is 0.124 e. The normalized spacial score (nSPS) is 14.4. The van der Waals surface area contributed by atoms with Crippen LogP contribution in [0.15, 0.2) is 36.4 Å². The van der Waals surface area contributed by atoms with E-state index in [1.54, 1.807) is 12.1 Å². The molecule has 2 aromatic carbocycles. The topological polar surface area (TPSA) is 28.2 Å². The van der Waals surface area contributed by atoms with Crippen LogP contribution in [0.2, 0.25) is 5.02 Å². The van der Waals surface area contributed by atoms with Crippen molar-refractivity contribution in [2.24, 2.45) is 5.92 Å². The van der Waals surface area contributed by atoms with Gasteiger partial charge in [-0.3, -0.25) is 0 Å². The summed E-state index contributed by atoms with van der Waals surface area (Å²) in [6.07, 6.45) is 5.02.